The number of benzene rings is 1. The van der Waals surface area contributed by atoms with E-state index in [1.807, 2.05) is 23.1 Å². The van der Waals surface area contributed by atoms with E-state index in [0.717, 1.165) is 44.7 Å². The van der Waals surface area contributed by atoms with Crippen LogP contribution < -0.4 is 20.5 Å². The topological polar surface area (TPSA) is 80.1 Å². The number of rotatable bonds is 7. The van der Waals surface area contributed by atoms with E-state index < -0.39 is 0 Å². The van der Waals surface area contributed by atoms with Crippen LogP contribution in [0.4, 0.5) is 4.79 Å². The minimum atomic E-state index is 0.00266. The van der Waals surface area contributed by atoms with Crippen LogP contribution in [0, 0.1) is 0 Å². The van der Waals surface area contributed by atoms with Crippen LogP contribution in [0.3, 0.4) is 0 Å². The third kappa shape index (κ3) is 5.01. The molecule has 2 amide bonds. The maximum atomic E-state index is 12.2. The van der Waals surface area contributed by atoms with Gasteiger partial charge in [-0.3, -0.25) is 4.90 Å². The molecule has 1 aliphatic rings. The number of amides is 2. The van der Waals surface area contributed by atoms with Gasteiger partial charge < -0.3 is 25.4 Å². The quantitative estimate of drug-likeness (QED) is 0.759. The number of urea groups is 1. The maximum absolute atomic E-state index is 12.2. The Balaban J connectivity index is 1.75. The molecule has 7 heteroatoms. The standard InChI is InChI=1S/C17H28N4O3/c1-23-15-4-3-14(13-16(15)24-2)5-7-19-17(22)21-11-9-20(8-6-18)10-12-21/h3-4,13H,5-12,18H2,1-2H3,(H,19,22). The van der Waals surface area contributed by atoms with Gasteiger partial charge in [-0.25, -0.2) is 4.79 Å². The van der Waals surface area contributed by atoms with Crippen molar-refractivity contribution < 1.29 is 14.3 Å². The Morgan fingerprint density at radius 3 is 2.50 bits per heavy atom. The highest BCUT2D eigenvalue weighted by atomic mass is 16.5. The van der Waals surface area contributed by atoms with Crippen molar-refractivity contribution in [3.05, 3.63) is 23.8 Å². The average molecular weight is 336 g/mol. The molecule has 0 saturated carbocycles. The van der Waals surface area contributed by atoms with Crippen molar-refractivity contribution >= 4 is 6.03 Å². The summed E-state index contributed by atoms with van der Waals surface area (Å²) in [5.41, 5.74) is 6.66. The Morgan fingerprint density at radius 1 is 1.17 bits per heavy atom. The number of piperazine rings is 1. The minimum absolute atomic E-state index is 0.00266. The molecular weight excluding hydrogens is 308 g/mol. The number of hydrogen-bond acceptors (Lipinski definition) is 5. The summed E-state index contributed by atoms with van der Waals surface area (Å²) in [6, 6.07) is 5.81. The molecule has 1 saturated heterocycles. The molecule has 0 atom stereocenters. The molecule has 24 heavy (non-hydrogen) atoms. The molecule has 7 nitrogen and oxygen atoms in total. The minimum Gasteiger partial charge on any atom is -0.493 e. The number of carbonyl (C=O) groups is 1. The molecule has 2 rings (SSSR count). The molecule has 134 valence electrons. The maximum Gasteiger partial charge on any atom is 0.317 e. The molecule has 1 aromatic carbocycles. The number of methoxy groups -OCH3 is 2. The van der Waals surface area contributed by atoms with Crippen LogP contribution in [-0.4, -0.2) is 75.9 Å². The summed E-state index contributed by atoms with van der Waals surface area (Å²) < 4.78 is 10.5. The van der Waals surface area contributed by atoms with Crippen LogP contribution in [0.2, 0.25) is 0 Å². The van der Waals surface area contributed by atoms with E-state index in [1.165, 1.54) is 0 Å². The lowest BCUT2D eigenvalue weighted by Gasteiger charge is -2.34. The first-order chi connectivity index (χ1) is 11.7. The van der Waals surface area contributed by atoms with E-state index in [4.69, 9.17) is 15.2 Å². The molecular formula is C17H28N4O3. The average Bonchev–Trinajstić information content (AvgIpc) is 2.62. The van der Waals surface area contributed by atoms with Gasteiger partial charge in [-0.15, -0.1) is 0 Å². The molecule has 1 aromatic rings. The Kier molecular flexibility index (Phi) is 7.14. The summed E-state index contributed by atoms with van der Waals surface area (Å²) in [7, 11) is 3.23. The first-order valence-electron chi connectivity index (χ1n) is 8.34. The van der Waals surface area contributed by atoms with E-state index in [0.29, 0.717) is 24.6 Å². The Hall–Kier alpha value is -1.99. The van der Waals surface area contributed by atoms with Crippen LogP contribution in [-0.2, 0) is 6.42 Å². The Morgan fingerprint density at radius 2 is 1.88 bits per heavy atom. The summed E-state index contributed by atoms with van der Waals surface area (Å²) >= 11 is 0. The number of ether oxygens (including phenoxy) is 2. The van der Waals surface area contributed by atoms with Crippen LogP contribution in [0.1, 0.15) is 5.56 Å². The zero-order valence-electron chi connectivity index (χ0n) is 14.6. The van der Waals surface area contributed by atoms with Crippen LogP contribution in [0.25, 0.3) is 0 Å². The molecule has 0 unspecified atom stereocenters. The number of hydrogen-bond donors (Lipinski definition) is 2. The lowest BCUT2D eigenvalue weighted by molar-refractivity contribution is 0.141. The van der Waals surface area contributed by atoms with Gasteiger partial charge in [0.2, 0.25) is 0 Å². The zero-order valence-corrected chi connectivity index (χ0v) is 14.6. The predicted octanol–water partition coefficient (Wildman–Crippen LogP) is 0.532. The second kappa shape index (κ2) is 9.34. The summed E-state index contributed by atoms with van der Waals surface area (Å²) in [6.07, 6.45) is 0.749. The van der Waals surface area contributed by atoms with Crippen molar-refractivity contribution in [2.45, 2.75) is 6.42 Å². The fourth-order valence-electron chi connectivity index (χ4n) is 2.82. The molecule has 0 radical (unpaired) electrons. The van der Waals surface area contributed by atoms with E-state index in [1.54, 1.807) is 14.2 Å². The van der Waals surface area contributed by atoms with Gasteiger partial charge in [-0.05, 0) is 24.1 Å². The SMILES string of the molecule is COc1ccc(CCNC(=O)N2CCN(CCN)CC2)cc1OC. The molecule has 0 spiro atoms. The second-order valence-electron chi connectivity index (χ2n) is 5.79. The number of nitrogens with one attached hydrogen (secondary N) is 1. The highest BCUT2D eigenvalue weighted by Crippen LogP contribution is 2.27. The first kappa shape index (κ1) is 18.4. The fourth-order valence-corrected chi connectivity index (χ4v) is 2.82. The highest BCUT2D eigenvalue weighted by molar-refractivity contribution is 5.74. The molecule has 3 N–H and O–H groups in total. The fraction of sp³-hybridized carbons (Fsp3) is 0.588. The van der Waals surface area contributed by atoms with Gasteiger partial charge in [-0.1, -0.05) is 6.07 Å². The van der Waals surface area contributed by atoms with Crippen LogP contribution in [0.5, 0.6) is 11.5 Å². The van der Waals surface area contributed by atoms with Gasteiger partial charge >= 0.3 is 6.03 Å². The lowest BCUT2D eigenvalue weighted by Crippen LogP contribution is -2.52. The second-order valence-corrected chi connectivity index (χ2v) is 5.79. The summed E-state index contributed by atoms with van der Waals surface area (Å²) in [6.45, 7) is 5.44. The van der Waals surface area contributed by atoms with Gasteiger partial charge in [0.15, 0.2) is 11.5 Å². The van der Waals surface area contributed by atoms with Crippen LogP contribution >= 0.6 is 0 Å². The lowest BCUT2D eigenvalue weighted by atomic mass is 10.1. The Bertz CT molecular complexity index is 531. The predicted molar refractivity (Wildman–Crippen MR) is 93.7 cm³/mol. The van der Waals surface area contributed by atoms with Gasteiger partial charge in [0.1, 0.15) is 0 Å². The van der Waals surface area contributed by atoms with Crippen LogP contribution in [0.15, 0.2) is 18.2 Å². The third-order valence-corrected chi connectivity index (χ3v) is 4.24. The van der Waals surface area contributed by atoms with Crippen molar-refractivity contribution in [1.29, 1.82) is 0 Å². The molecule has 0 aromatic heterocycles. The smallest absolute Gasteiger partial charge is 0.317 e. The highest BCUT2D eigenvalue weighted by Gasteiger charge is 2.20. The van der Waals surface area contributed by atoms with E-state index in [9.17, 15) is 4.79 Å². The van der Waals surface area contributed by atoms with Gasteiger partial charge in [0, 0.05) is 45.8 Å². The number of carbonyl (C=O) groups excluding carboxylic acids is 1. The van der Waals surface area contributed by atoms with Gasteiger partial charge in [-0.2, -0.15) is 0 Å². The molecule has 1 heterocycles. The normalized spacial score (nSPS) is 15.2. The van der Waals surface area contributed by atoms with Crippen molar-refractivity contribution in [3.8, 4) is 11.5 Å². The van der Waals surface area contributed by atoms with E-state index >= 15 is 0 Å². The zero-order chi connectivity index (χ0) is 17.4. The van der Waals surface area contributed by atoms with Crippen molar-refractivity contribution in [2.24, 2.45) is 5.73 Å². The van der Waals surface area contributed by atoms with Crippen molar-refractivity contribution in [1.82, 2.24) is 15.1 Å². The number of nitrogens with zero attached hydrogens (tertiary/aromatic N) is 2. The third-order valence-electron chi connectivity index (χ3n) is 4.24. The summed E-state index contributed by atoms with van der Waals surface area (Å²) in [5.74, 6) is 1.41. The van der Waals surface area contributed by atoms with Crippen molar-refractivity contribution in [2.75, 3.05) is 60.0 Å². The van der Waals surface area contributed by atoms with E-state index in [2.05, 4.69) is 10.2 Å². The van der Waals surface area contributed by atoms with Crippen molar-refractivity contribution in [3.63, 3.8) is 0 Å². The molecule has 0 bridgehead atoms. The van der Waals surface area contributed by atoms with Gasteiger partial charge in [0.25, 0.3) is 0 Å². The molecule has 1 fully saturated rings. The van der Waals surface area contributed by atoms with E-state index in [-0.39, 0.29) is 6.03 Å². The summed E-state index contributed by atoms with van der Waals surface area (Å²) in [5, 5.41) is 2.99. The first-order valence-corrected chi connectivity index (χ1v) is 8.34. The monoisotopic (exact) mass is 336 g/mol. The molecule has 0 aliphatic carbocycles. The van der Waals surface area contributed by atoms with Gasteiger partial charge in [0.05, 0.1) is 14.2 Å². The summed E-state index contributed by atoms with van der Waals surface area (Å²) in [4.78, 5) is 16.4. The number of nitrogens with two attached hydrogens (primary N) is 1. The molecule has 1 aliphatic heterocycles. The Labute approximate surface area is 143 Å². The largest absolute Gasteiger partial charge is 0.493 e.